The van der Waals surface area contributed by atoms with Gasteiger partial charge in [-0.05, 0) is 36.5 Å². The van der Waals surface area contributed by atoms with Crippen LogP contribution in [-0.4, -0.2) is 31.7 Å². The van der Waals surface area contributed by atoms with Crippen molar-refractivity contribution in [1.29, 1.82) is 5.26 Å². The molecule has 1 heterocycles. The fraction of sp³-hybridized carbons (Fsp3) is 0.391. The predicted molar refractivity (Wildman–Crippen MR) is 115 cm³/mol. The first kappa shape index (κ1) is 22.0. The number of hydrogen-bond acceptors (Lipinski definition) is 4. The molecule has 1 amide bonds. The fourth-order valence-electron chi connectivity index (χ4n) is 3.85. The van der Waals surface area contributed by atoms with Crippen LogP contribution in [0.4, 0.5) is 0 Å². The minimum absolute atomic E-state index is 0.0272. The first-order valence-corrected chi connectivity index (χ1v) is 11.6. The van der Waals surface area contributed by atoms with Gasteiger partial charge >= 0.3 is 0 Å². The molecule has 2 aromatic rings. The van der Waals surface area contributed by atoms with E-state index in [-0.39, 0.29) is 47.3 Å². The molecule has 1 saturated heterocycles. The number of rotatable bonds is 6. The lowest BCUT2D eigenvalue weighted by molar-refractivity contribution is -0.127. The summed E-state index contributed by atoms with van der Waals surface area (Å²) in [6, 6.07) is 18.0. The summed E-state index contributed by atoms with van der Waals surface area (Å²) in [5.41, 5.74) is 1.20. The molecular weight excluding hydrogens is 398 g/mol. The van der Waals surface area contributed by atoms with Gasteiger partial charge in [0.1, 0.15) is 6.07 Å². The lowest BCUT2D eigenvalue weighted by Crippen LogP contribution is -2.44. The normalized spacial score (nSPS) is 16.7. The summed E-state index contributed by atoms with van der Waals surface area (Å²) in [7, 11) is -3.75. The van der Waals surface area contributed by atoms with Gasteiger partial charge < -0.3 is 5.32 Å². The van der Waals surface area contributed by atoms with Crippen molar-refractivity contribution in [2.24, 2.45) is 11.8 Å². The van der Waals surface area contributed by atoms with Crippen molar-refractivity contribution < 1.29 is 13.2 Å². The van der Waals surface area contributed by atoms with E-state index in [1.165, 1.54) is 16.4 Å². The third-order valence-electron chi connectivity index (χ3n) is 5.57. The molecule has 0 aromatic heterocycles. The van der Waals surface area contributed by atoms with Crippen molar-refractivity contribution in [3.05, 3.63) is 65.7 Å². The highest BCUT2D eigenvalue weighted by molar-refractivity contribution is 7.89. The number of piperidine rings is 1. The van der Waals surface area contributed by atoms with Crippen LogP contribution < -0.4 is 5.32 Å². The summed E-state index contributed by atoms with van der Waals surface area (Å²) >= 11 is 0. The Hall–Kier alpha value is -2.69. The van der Waals surface area contributed by atoms with E-state index < -0.39 is 10.0 Å². The van der Waals surface area contributed by atoms with Crippen LogP contribution in [0.2, 0.25) is 0 Å². The highest BCUT2D eigenvalue weighted by atomic mass is 32.2. The second-order valence-electron chi connectivity index (χ2n) is 7.93. The molecule has 7 heteroatoms. The lowest BCUT2D eigenvalue weighted by atomic mass is 9.93. The third-order valence-corrected chi connectivity index (χ3v) is 7.53. The first-order chi connectivity index (χ1) is 14.3. The van der Waals surface area contributed by atoms with Gasteiger partial charge in [-0.2, -0.15) is 9.57 Å². The molecule has 0 bridgehead atoms. The highest BCUT2D eigenvalue weighted by Crippen LogP contribution is 2.27. The molecule has 0 radical (unpaired) electrons. The Balaban J connectivity index is 1.66. The average molecular weight is 426 g/mol. The van der Waals surface area contributed by atoms with Crippen LogP contribution in [0, 0.1) is 23.2 Å². The molecule has 1 unspecified atom stereocenters. The van der Waals surface area contributed by atoms with Crippen molar-refractivity contribution in [3.63, 3.8) is 0 Å². The van der Waals surface area contributed by atoms with Crippen molar-refractivity contribution in [2.75, 3.05) is 13.1 Å². The van der Waals surface area contributed by atoms with Gasteiger partial charge in [0.05, 0.1) is 16.5 Å². The predicted octanol–water partition coefficient (Wildman–Crippen LogP) is 3.47. The molecule has 0 aliphatic carbocycles. The number of carbonyl (C=O) groups is 1. The average Bonchev–Trinajstić information content (AvgIpc) is 2.77. The summed E-state index contributed by atoms with van der Waals surface area (Å²) in [5, 5.41) is 12.4. The topological polar surface area (TPSA) is 90.3 Å². The number of nitrogens with one attached hydrogen (secondary N) is 1. The van der Waals surface area contributed by atoms with Crippen molar-refractivity contribution in [3.8, 4) is 6.07 Å². The zero-order chi connectivity index (χ0) is 21.7. The number of sulfonamides is 1. The number of nitrogens with zero attached hydrogens (tertiary/aromatic N) is 2. The Kier molecular flexibility index (Phi) is 6.91. The molecule has 0 saturated carbocycles. The molecule has 1 aliphatic rings. The van der Waals surface area contributed by atoms with Crippen LogP contribution in [0.3, 0.4) is 0 Å². The smallest absolute Gasteiger partial charge is 0.244 e. The molecule has 1 N–H and O–H groups in total. The summed E-state index contributed by atoms with van der Waals surface area (Å²) in [4.78, 5) is 12.9. The van der Waals surface area contributed by atoms with E-state index in [0.717, 1.165) is 5.56 Å². The number of nitriles is 1. The Labute approximate surface area is 178 Å². The second-order valence-corrected chi connectivity index (χ2v) is 9.83. The van der Waals surface area contributed by atoms with E-state index in [1.807, 2.05) is 36.4 Å². The summed E-state index contributed by atoms with van der Waals surface area (Å²) in [6.07, 6.45) is 0.915. The van der Waals surface area contributed by atoms with Crippen LogP contribution in [0.25, 0.3) is 0 Å². The van der Waals surface area contributed by atoms with Gasteiger partial charge in [-0.3, -0.25) is 4.79 Å². The minimum atomic E-state index is -3.75. The van der Waals surface area contributed by atoms with Gasteiger partial charge in [0.25, 0.3) is 0 Å². The molecule has 2 aromatic carbocycles. The molecule has 1 fully saturated rings. The number of hydrogen-bond donors (Lipinski definition) is 1. The molecule has 30 heavy (non-hydrogen) atoms. The quantitative estimate of drug-likeness (QED) is 0.767. The third kappa shape index (κ3) is 4.72. The summed E-state index contributed by atoms with van der Waals surface area (Å²) in [6.45, 7) is 4.66. The van der Waals surface area contributed by atoms with Crippen LogP contribution in [0.1, 0.15) is 43.9 Å². The number of carbonyl (C=O) groups excluding carboxylic acids is 1. The number of benzene rings is 2. The second kappa shape index (κ2) is 9.41. The zero-order valence-electron chi connectivity index (χ0n) is 17.3. The van der Waals surface area contributed by atoms with Gasteiger partial charge in [0.15, 0.2) is 0 Å². The molecular formula is C23H27N3O3S. The van der Waals surface area contributed by atoms with Crippen LogP contribution in [0.15, 0.2) is 59.5 Å². The Morgan fingerprint density at radius 3 is 2.27 bits per heavy atom. The van der Waals surface area contributed by atoms with Gasteiger partial charge in [-0.25, -0.2) is 8.42 Å². The lowest BCUT2D eigenvalue weighted by Gasteiger charge is -2.32. The molecule has 3 rings (SSSR count). The van der Waals surface area contributed by atoms with E-state index in [1.54, 1.807) is 12.1 Å². The summed E-state index contributed by atoms with van der Waals surface area (Å²) < 4.78 is 27.3. The van der Waals surface area contributed by atoms with Crippen LogP contribution >= 0.6 is 0 Å². The Morgan fingerprint density at radius 1 is 1.07 bits per heavy atom. The molecule has 0 spiro atoms. The van der Waals surface area contributed by atoms with Crippen molar-refractivity contribution >= 4 is 15.9 Å². The molecule has 1 atom stereocenters. The SMILES string of the molecule is CC(C)C(NC(=O)C1CCN(S(=O)(=O)c2ccccc2C#N)CC1)c1ccccc1. The number of amides is 1. The highest BCUT2D eigenvalue weighted by Gasteiger charge is 2.34. The van der Waals surface area contributed by atoms with Crippen LogP contribution in [-0.2, 0) is 14.8 Å². The van der Waals surface area contributed by atoms with Crippen molar-refractivity contribution in [1.82, 2.24) is 9.62 Å². The fourth-order valence-corrected chi connectivity index (χ4v) is 5.46. The van der Waals surface area contributed by atoms with E-state index in [0.29, 0.717) is 12.8 Å². The Bertz CT molecular complexity index is 1020. The van der Waals surface area contributed by atoms with Gasteiger partial charge in [-0.1, -0.05) is 56.3 Å². The monoisotopic (exact) mass is 425 g/mol. The van der Waals surface area contributed by atoms with Crippen molar-refractivity contribution in [2.45, 2.75) is 37.6 Å². The van der Waals surface area contributed by atoms with Gasteiger partial charge in [0, 0.05) is 19.0 Å². The standard InChI is InChI=1S/C23H27N3O3S/c1-17(2)22(18-8-4-3-5-9-18)25-23(27)19-12-14-26(15-13-19)30(28,29)21-11-7-6-10-20(21)16-24/h3-11,17,19,22H,12-15H2,1-2H3,(H,25,27). The summed E-state index contributed by atoms with van der Waals surface area (Å²) in [5.74, 6) is -0.0288. The Morgan fingerprint density at radius 2 is 1.67 bits per heavy atom. The molecule has 6 nitrogen and oxygen atoms in total. The first-order valence-electron chi connectivity index (χ1n) is 10.2. The van der Waals surface area contributed by atoms with E-state index in [4.69, 9.17) is 0 Å². The van der Waals surface area contributed by atoms with Gasteiger partial charge in [0.2, 0.25) is 15.9 Å². The molecule has 1 aliphatic heterocycles. The largest absolute Gasteiger partial charge is 0.349 e. The molecule has 158 valence electrons. The van der Waals surface area contributed by atoms with Crippen LogP contribution in [0.5, 0.6) is 0 Å². The maximum absolute atomic E-state index is 13.0. The van der Waals surface area contributed by atoms with E-state index in [2.05, 4.69) is 19.2 Å². The zero-order valence-corrected chi connectivity index (χ0v) is 18.1. The maximum Gasteiger partial charge on any atom is 0.244 e. The van der Waals surface area contributed by atoms with E-state index >= 15 is 0 Å². The maximum atomic E-state index is 13.0. The minimum Gasteiger partial charge on any atom is -0.349 e. The van der Waals surface area contributed by atoms with E-state index in [9.17, 15) is 18.5 Å². The van der Waals surface area contributed by atoms with Gasteiger partial charge in [-0.15, -0.1) is 0 Å².